The van der Waals surface area contributed by atoms with Crippen molar-refractivity contribution in [2.45, 2.75) is 31.3 Å². The van der Waals surface area contributed by atoms with Gasteiger partial charge in [-0.25, -0.2) is 0 Å². The first kappa shape index (κ1) is 14.0. The normalized spacial score (nSPS) is 25.6. The second-order valence-electron chi connectivity index (χ2n) is 6.46. The molecule has 0 bridgehead atoms. The zero-order valence-electron chi connectivity index (χ0n) is 12.3. The van der Waals surface area contributed by atoms with Gasteiger partial charge in [-0.2, -0.15) is 0 Å². The van der Waals surface area contributed by atoms with E-state index in [2.05, 4.69) is 43.0 Å². The molecular formula is C17H23NOS. The Kier molecular flexibility index (Phi) is 4.06. The van der Waals surface area contributed by atoms with Crippen LogP contribution >= 0.6 is 11.8 Å². The van der Waals surface area contributed by atoms with Gasteiger partial charge in [-0.05, 0) is 29.7 Å². The highest BCUT2D eigenvalue weighted by atomic mass is 32.2. The molecule has 1 amide bonds. The average molecular weight is 289 g/mol. The number of rotatable bonds is 5. The Morgan fingerprint density at radius 3 is 2.50 bits per heavy atom. The van der Waals surface area contributed by atoms with Crippen LogP contribution in [0.4, 0.5) is 0 Å². The van der Waals surface area contributed by atoms with Crippen LogP contribution in [0.15, 0.2) is 30.3 Å². The maximum absolute atomic E-state index is 12.7. The molecule has 1 saturated heterocycles. The van der Waals surface area contributed by atoms with Crippen molar-refractivity contribution in [3.63, 3.8) is 0 Å². The average Bonchev–Trinajstić information content (AvgIpc) is 3.06. The summed E-state index contributed by atoms with van der Waals surface area (Å²) in [7, 11) is 0. The molecule has 3 rings (SSSR count). The van der Waals surface area contributed by atoms with Crippen molar-refractivity contribution in [2.24, 2.45) is 17.8 Å². The lowest BCUT2D eigenvalue weighted by atomic mass is 10.1. The van der Waals surface area contributed by atoms with Gasteiger partial charge in [0.25, 0.3) is 0 Å². The monoisotopic (exact) mass is 289 g/mol. The quantitative estimate of drug-likeness (QED) is 0.828. The number of hydrogen-bond donors (Lipinski definition) is 0. The molecule has 1 aromatic rings. The molecule has 0 spiro atoms. The zero-order valence-corrected chi connectivity index (χ0v) is 13.1. The van der Waals surface area contributed by atoms with E-state index in [0.29, 0.717) is 11.8 Å². The molecule has 2 nitrogen and oxygen atoms in total. The number of fused-ring (bicyclic) bond motifs is 1. The Labute approximate surface area is 125 Å². The van der Waals surface area contributed by atoms with Crippen LogP contribution in [0.5, 0.6) is 0 Å². The Hall–Kier alpha value is -0.960. The summed E-state index contributed by atoms with van der Waals surface area (Å²) < 4.78 is 0. The summed E-state index contributed by atoms with van der Waals surface area (Å²) in [4.78, 5) is 14.8. The second kappa shape index (κ2) is 5.80. The summed E-state index contributed by atoms with van der Waals surface area (Å²) in [5.74, 6) is 3.34. The summed E-state index contributed by atoms with van der Waals surface area (Å²) in [5.41, 5.74) is 1.31. The van der Waals surface area contributed by atoms with E-state index in [1.807, 2.05) is 6.07 Å². The van der Waals surface area contributed by atoms with Crippen LogP contribution in [0.25, 0.3) is 0 Å². The van der Waals surface area contributed by atoms with E-state index in [0.717, 1.165) is 30.7 Å². The molecule has 3 heteroatoms. The second-order valence-corrected chi connectivity index (χ2v) is 7.59. The number of amides is 1. The van der Waals surface area contributed by atoms with Crippen molar-refractivity contribution in [1.29, 1.82) is 0 Å². The number of likely N-dealkylation sites (tertiary alicyclic amines) is 1. The number of thioether (sulfide) groups is 1. The first-order valence-electron chi connectivity index (χ1n) is 7.59. The van der Waals surface area contributed by atoms with Gasteiger partial charge in [-0.15, -0.1) is 11.8 Å². The van der Waals surface area contributed by atoms with Gasteiger partial charge in [0, 0.05) is 18.8 Å². The Balaban J connectivity index is 1.59. The smallest absolute Gasteiger partial charge is 0.235 e. The van der Waals surface area contributed by atoms with E-state index < -0.39 is 0 Å². The summed E-state index contributed by atoms with van der Waals surface area (Å²) in [6.07, 6.45) is 1.35. The van der Waals surface area contributed by atoms with Gasteiger partial charge in [0.05, 0.1) is 5.25 Å². The van der Waals surface area contributed by atoms with E-state index >= 15 is 0 Å². The van der Waals surface area contributed by atoms with Crippen LogP contribution in [0.2, 0.25) is 0 Å². The molecule has 3 unspecified atom stereocenters. The van der Waals surface area contributed by atoms with Crippen LogP contribution in [0.3, 0.4) is 0 Å². The number of piperidine rings is 1. The number of benzene rings is 1. The molecule has 2 fully saturated rings. The van der Waals surface area contributed by atoms with Crippen molar-refractivity contribution in [3.05, 3.63) is 35.9 Å². The number of carbonyl (C=O) groups is 1. The SMILES string of the molecule is CC(C)C(SCc1ccccc1)C(=O)N1CC2CC2C1. The Bertz CT molecular complexity index is 463. The van der Waals surface area contributed by atoms with E-state index in [1.165, 1.54) is 12.0 Å². The van der Waals surface area contributed by atoms with Gasteiger partial charge in [0.1, 0.15) is 0 Å². The van der Waals surface area contributed by atoms with Crippen LogP contribution in [-0.4, -0.2) is 29.1 Å². The molecule has 3 atom stereocenters. The largest absolute Gasteiger partial charge is 0.341 e. The van der Waals surface area contributed by atoms with Gasteiger partial charge in [0.2, 0.25) is 5.91 Å². The van der Waals surface area contributed by atoms with Crippen LogP contribution in [0.1, 0.15) is 25.8 Å². The van der Waals surface area contributed by atoms with Crippen LogP contribution in [-0.2, 0) is 10.5 Å². The zero-order chi connectivity index (χ0) is 14.1. The summed E-state index contributed by atoms with van der Waals surface area (Å²) in [5, 5.41) is 0.104. The standard InChI is InChI=1S/C17H23NOS/c1-12(2)16(20-11-13-6-4-3-5-7-13)17(19)18-9-14-8-15(14)10-18/h3-7,12,14-16H,8-11H2,1-2H3. The Morgan fingerprint density at radius 1 is 1.25 bits per heavy atom. The summed E-state index contributed by atoms with van der Waals surface area (Å²) in [6.45, 7) is 6.35. The van der Waals surface area contributed by atoms with Gasteiger partial charge in [-0.3, -0.25) is 4.79 Å². The van der Waals surface area contributed by atoms with Crippen molar-refractivity contribution >= 4 is 17.7 Å². The molecule has 20 heavy (non-hydrogen) atoms. The lowest BCUT2D eigenvalue weighted by molar-refractivity contribution is -0.130. The molecule has 1 aromatic carbocycles. The number of nitrogens with zero attached hydrogens (tertiary/aromatic N) is 1. The third kappa shape index (κ3) is 3.03. The van der Waals surface area contributed by atoms with Gasteiger partial charge in [0.15, 0.2) is 0 Å². The first-order valence-corrected chi connectivity index (χ1v) is 8.64. The van der Waals surface area contributed by atoms with Crippen molar-refractivity contribution in [3.8, 4) is 0 Å². The van der Waals surface area contributed by atoms with Gasteiger partial charge < -0.3 is 4.90 Å². The van der Waals surface area contributed by atoms with Crippen LogP contribution < -0.4 is 0 Å². The summed E-state index contributed by atoms with van der Waals surface area (Å²) >= 11 is 1.80. The molecular weight excluding hydrogens is 266 g/mol. The van der Waals surface area contributed by atoms with Gasteiger partial charge in [-0.1, -0.05) is 44.2 Å². The molecule has 1 heterocycles. The van der Waals surface area contributed by atoms with Crippen molar-refractivity contribution in [1.82, 2.24) is 4.90 Å². The first-order chi connectivity index (χ1) is 9.65. The molecule has 0 aromatic heterocycles. The van der Waals surface area contributed by atoms with Crippen molar-refractivity contribution < 1.29 is 4.79 Å². The Morgan fingerprint density at radius 2 is 1.90 bits per heavy atom. The summed E-state index contributed by atoms with van der Waals surface area (Å²) in [6, 6.07) is 10.4. The van der Waals surface area contributed by atoms with E-state index in [9.17, 15) is 4.79 Å². The molecule has 0 radical (unpaired) electrons. The maximum Gasteiger partial charge on any atom is 0.235 e. The molecule has 0 N–H and O–H groups in total. The number of hydrogen-bond acceptors (Lipinski definition) is 2. The molecule has 108 valence electrons. The lowest BCUT2D eigenvalue weighted by Crippen LogP contribution is -2.39. The number of carbonyl (C=O) groups excluding carboxylic acids is 1. The fraction of sp³-hybridized carbons (Fsp3) is 0.588. The topological polar surface area (TPSA) is 20.3 Å². The molecule has 1 saturated carbocycles. The highest BCUT2D eigenvalue weighted by Gasteiger charge is 2.47. The van der Waals surface area contributed by atoms with Crippen molar-refractivity contribution in [2.75, 3.05) is 13.1 Å². The third-order valence-corrected chi connectivity index (χ3v) is 6.02. The lowest BCUT2D eigenvalue weighted by Gasteiger charge is -2.26. The molecule has 1 aliphatic heterocycles. The minimum Gasteiger partial charge on any atom is -0.341 e. The minimum atomic E-state index is 0.104. The van der Waals surface area contributed by atoms with Crippen LogP contribution in [0, 0.1) is 17.8 Å². The fourth-order valence-electron chi connectivity index (χ4n) is 3.07. The minimum absolute atomic E-state index is 0.104. The highest BCUT2D eigenvalue weighted by Crippen LogP contribution is 2.45. The fourth-order valence-corrected chi connectivity index (χ4v) is 4.31. The molecule has 1 aliphatic carbocycles. The molecule has 2 aliphatic rings. The predicted octanol–water partition coefficient (Wildman–Crippen LogP) is 3.42. The maximum atomic E-state index is 12.7. The predicted molar refractivity (Wildman–Crippen MR) is 84.5 cm³/mol. The van der Waals surface area contributed by atoms with Gasteiger partial charge >= 0.3 is 0 Å². The van der Waals surface area contributed by atoms with E-state index in [1.54, 1.807) is 11.8 Å². The highest BCUT2D eigenvalue weighted by molar-refractivity contribution is 7.99. The third-order valence-electron chi connectivity index (χ3n) is 4.41. The van der Waals surface area contributed by atoms with E-state index in [-0.39, 0.29) is 5.25 Å². The van der Waals surface area contributed by atoms with E-state index in [4.69, 9.17) is 0 Å².